The third-order valence-corrected chi connectivity index (χ3v) is 4.16. The second kappa shape index (κ2) is 5.70. The van der Waals surface area contributed by atoms with Crippen LogP contribution in [-0.4, -0.2) is 16.5 Å². The van der Waals surface area contributed by atoms with Crippen LogP contribution in [0.4, 0.5) is 5.82 Å². The standard InChI is InChI=1S/C15H18BrN3/c1-5-17-13-8-11(4)18-15(19-13)12-6-9(2)14(16)10(3)7-12/h6-8H,5H2,1-4H3,(H,17,18,19). The lowest BCUT2D eigenvalue weighted by atomic mass is 10.1. The van der Waals surface area contributed by atoms with Gasteiger partial charge in [0.05, 0.1) is 0 Å². The van der Waals surface area contributed by atoms with Crippen LogP contribution >= 0.6 is 15.9 Å². The Morgan fingerprint density at radius 3 is 2.26 bits per heavy atom. The van der Waals surface area contributed by atoms with Crippen molar-refractivity contribution in [1.29, 1.82) is 0 Å². The fourth-order valence-electron chi connectivity index (χ4n) is 2.04. The van der Waals surface area contributed by atoms with Crippen LogP contribution in [0.3, 0.4) is 0 Å². The van der Waals surface area contributed by atoms with Crippen LogP contribution in [0.2, 0.25) is 0 Å². The number of aryl methyl sites for hydroxylation is 3. The molecule has 0 bridgehead atoms. The van der Waals surface area contributed by atoms with Crippen molar-refractivity contribution >= 4 is 21.7 Å². The fourth-order valence-corrected chi connectivity index (χ4v) is 2.27. The number of benzene rings is 1. The Morgan fingerprint density at radius 1 is 1.05 bits per heavy atom. The molecule has 3 nitrogen and oxygen atoms in total. The molecular weight excluding hydrogens is 302 g/mol. The molecule has 4 heteroatoms. The maximum absolute atomic E-state index is 4.57. The number of nitrogens with one attached hydrogen (secondary N) is 1. The quantitative estimate of drug-likeness (QED) is 0.918. The van der Waals surface area contributed by atoms with Crippen LogP contribution in [0.25, 0.3) is 11.4 Å². The Labute approximate surface area is 122 Å². The zero-order valence-corrected chi connectivity index (χ0v) is 13.3. The summed E-state index contributed by atoms with van der Waals surface area (Å²) in [5, 5.41) is 3.24. The molecule has 0 unspecified atom stereocenters. The second-order valence-electron chi connectivity index (χ2n) is 4.67. The van der Waals surface area contributed by atoms with E-state index in [1.165, 1.54) is 11.1 Å². The van der Waals surface area contributed by atoms with Crippen molar-refractivity contribution in [1.82, 2.24) is 9.97 Å². The maximum Gasteiger partial charge on any atom is 0.161 e. The molecule has 2 rings (SSSR count). The normalized spacial score (nSPS) is 10.6. The molecule has 1 N–H and O–H groups in total. The maximum atomic E-state index is 4.57. The predicted molar refractivity (Wildman–Crippen MR) is 83.5 cm³/mol. The van der Waals surface area contributed by atoms with Gasteiger partial charge in [-0.2, -0.15) is 0 Å². The topological polar surface area (TPSA) is 37.8 Å². The number of hydrogen-bond donors (Lipinski definition) is 1. The summed E-state index contributed by atoms with van der Waals surface area (Å²) in [4.78, 5) is 9.10. The van der Waals surface area contributed by atoms with Crippen molar-refractivity contribution < 1.29 is 0 Å². The van der Waals surface area contributed by atoms with E-state index in [-0.39, 0.29) is 0 Å². The lowest BCUT2D eigenvalue weighted by Gasteiger charge is -2.10. The molecule has 0 amide bonds. The minimum atomic E-state index is 0.773. The highest BCUT2D eigenvalue weighted by molar-refractivity contribution is 9.10. The van der Waals surface area contributed by atoms with Gasteiger partial charge in [-0.15, -0.1) is 0 Å². The van der Waals surface area contributed by atoms with E-state index in [0.717, 1.165) is 33.9 Å². The van der Waals surface area contributed by atoms with E-state index in [4.69, 9.17) is 0 Å². The van der Waals surface area contributed by atoms with Gasteiger partial charge in [-0.1, -0.05) is 15.9 Å². The van der Waals surface area contributed by atoms with Crippen LogP contribution in [0.1, 0.15) is 23.7 Å². The summed E-state index contributed by atoms with van der Waals surface area (Å²) in [6.45, 7) is 9.08. The van der Waals surface area contributed by atoms with Gasteiger partial charge in [0.25, 0.3) is 0 Å². The van der Waals surface area contributed by atoms with Crippen molar-refractivity contribution in [2.75, 3.05) is 11.9 Å². The van der Waals surface area contributed by atoms with Gasteiger partial charge >= 0.3 is 0 Å². The van der Waals surface area contributed by atoms with Crippen LogP contribution in [0, 0.1) is 20.8 Å². The van der Waals surface area contributed by atoms with E-state index in [9.17, 15) is 0 Å². The molecule has 0 radical (unpaired) electrons. The number of anilines is 1. The van der Waals surface area contributed by atoms with E-state index in [1.807, 2.05) is 13.0 Å². The molecule has 0 aliphatic rings. The first-order chi connectivity index (χ1) is 9.01. The minimum Gasteiger partial charge on any atom is -0.370 e. The molecule has 0 atom stereocenters. The van der Waals surface area contributed by atoms with E-state index in [1.54, 1.807) is 0 Å². The first kappa shape index (κ1) is 14.0. The number of rotatable bonds is 3. The van der Waals surface area contributed by atoms with Gasteiger partial charge < -0.3 is 5.32 Å². The predicted octanol–water partition coefficient (Wildman–Crippen LogP) is 4.26. The molecule has 0 saturated carbocycles. The van der Waals surface area contributed by atoms with Crippen LogP contribution in [0.15, 0.2) is 22.7 Å². The fraction of sp³-hybridized carbons (Fsp3) is 0.333. The Bertz CT molecular complexity index is 585. The Morgan fingerprint density at radius 2 is 1.68 bits per heavy atom. The average Bonchev–Trinajstić information content (AvgIpc) is 2.35. The molecule has 0 spiro atoms. The summed E-state index contributed by atoms with van der Waals surface area (Å²) >= 11 is 3.59. The summed E-state index contributed by atoms with van der Waals surface area (Å²) in [6.07, 6.45) is 0. The number of halogens is 1. The van der Waals surface area contributed by atoms with E-state index >= 15 is 0 Å². The average molecular weight is 320 g/mol. The molecule has 0 fully saturated rings. The Kier molecular flexibility index (Phi) is 4.20. The Hall–Kier alpha value is -1.42. The zero-order valence-electron chi connectivity index (χ0n) is 11.7. The molecule has 0 aliphatic heterocycles. The summed E-state index contributed by atoms with van der Waals surface area (Å²) in [6, 6.07) is 6.19. The number of aromatic nitrogens is 2. The van der Waals surface area contributed by atoms with Gasteiger partial charge in [-0.25, -0.2) is 9.97 Å². The molecular formula is C15H18BrN3. The molecule has 1 heterocycles. The third-order valence-electron chi connectivity index (χ3n) is 2.91. The van der Waals surface area contributed by atoms with Crippen LogP contribution in [-0.2, 0) is 0 Å². The molecule has 0 saturated heterocycles. The lowest BCUT2D eigenvalue weighted by Crippen LogP contribution is -2.02. The van der Waals surface area contributed by atoms with Crippen LogP contribution in [0.5, 0.6) is 0 Å². The third kappa shape index (κ3) is 3.13. The van der Waals surface area contributed by atoms with Crippen molar-refractivity contribution in [2.24, 2.45) is 0 Å². The SMILES string of the molecule is CCNc1cc(C)nc(-c2cc(C)c(Br)c(C)c2)n1. The van der Waals surface area contributed by atoms with Gasteiger partial charge in [0.2, 0.25) is 0 Å². The van der Waals surface area contributed by atoms with Crippen LogP contribution < -0.4 is 5.32 Å². The molecule has 1 aromatic heterocycles. The first-order valence-electron chi connectivity index (χ1n) is 6.38. The van der Waals surface area contributed by atoms with Gasteiger partial charge in [0, 0.05) is 28.3 Å². The molecule has 1 aromatic carbocycles. The van der Waals surface area contributed by atoms with Gasteiger partial charge in [0.1, 0.15) is 5.82 Å². The highest BCUT2D eigenvalue weighted by Gasteiger charge is 2.08. The molecule has 100 valence electrons. The van der Waals surface area contributed by atoms with Gasteiger partial charge in [0.15, 0.2) is 5.82 Å². The second-order valence-corrected chi connectivity index (χ2v) is 5.47. The van der Waals surface area contributed by atoms with E-state index < -0.39 is 0 Å². The van der Waals surface area contributed by atoms with Gasteiger partial charge in [-0.3, -0.25) is 0 Å². The summed E-state index contributed by atoms with van der Waals surface area (Å²) in [7, 11) is 0. The zero-order chi connectivity index (χ0) is 14.0. The van der Waals surface area contributed by atoms with Crippen molar-refractivity contribution in [2.45, 2.75) is 27.7 Å². The van der Waals surface area contributed by atoms with E-state index in [2.05, 4.69) is 64.1 Å². The molecule has 0 aliphatic carbocycles. The largest absolute Gasteiger partial charge is 0.370 e. The Balaban J connectivity index is 2.52. The highest BCUT2D eigenvalue weighted by Crippen LogP contribution is 2.27. The van der Waals surface area contributed by atoms with Crippen molar-refractivity contribution in [3.8, 4) is 11.4 Å². The van der Waals surface area contributed by atoms with Gasteiger partial charge in [-0.05, 0) is 51.0 Å². The minimum absolute atomic E-state index is 0.773. The number of nitrogens with zero attached hydrogens (tertiary/aromatic N) is 2. The summed E-state index contributed by atoms with van der Waals surface area (Å²) < 4.78 is 1.15. The smallest absolute Gasteiger partial charge is 0.161 e. The highest BCUT2D eigenvalue weighted by atomic mass is 79.9. The lowest BCUT2D eigenvalue weighted by molar-refractivity contribution is 1.08. The summed E-state index contributed by atoms with van der Waals surface area (Å²) in [5.41, 5.74) is 4.43. The van der Waals surface area contributed by atoms with Crippen molar-refractivity contribution in [3.05, 3.63) is 39.5 Å². The first-order valence-corrected chi connectivity index (χ1v) is 7.17. The van der Waals surface area contributed by atoms with Crippen molar-refractivity contribution in [3.63, 3.8) is 0 Å². The monoisotopic (exact) mass is 319 g/mol. The molecule has 19 heavy (non-hydrogen) atoms. The molecule has 2 aromatic rings. The summed E-state index contributed by atoms with van der Waals surface area (Å²) in [5.74, 6) is 1.65. The number of hydrogen-bond acceptors (Lipinski definition) is 3. The van der Waals surface area contributed by atoms with E-state index in [0.29, 0.717) is 0 Å².